The molecule has 2 aromatic heterocycles. The van der Waals surface area contributed by atoms with Crippen LogP contribution in [0.4, 0.5) is 0 Å². The molecule has 8 heteroatoms. The van der Waals surface area contributed by atoms with Gasteiger partial charge in [0.25, 0.3) is 0 Å². The zero-order chi connectivity index (χ0) is 20.2. The second-order valence-electron chi connectivity index (χ2n) is 6.41. The van der Waals surface area contributed by atoms with Gasteiger partial charge in [-0.15, -0.1) is 0 Å². The van der Waals surface area contributed by atoms with Gasteiger partial charge in [0.2, 0.25) is 5.88 Å². The van der Waals surface area contributed by atoms with Crippen molar-refractivity contribution in [3.63, 3.8) is 0 Å². The lowest BCUT2D eigenvalue weighted by Gasteiger charge is -2.12. The standard InChI is InChI=1S/C21H19N5O3/c1-15-7-6-10-19(26-21(27)25(2)23-24-26)18(15)14-28-20-12-11-17(13-22-20)29-16-8-4-3-5-9-16/h3-13H,14H2,1-2H3. The molecule has 0 bridgehead atoms. The minimum atomic E-state index is -0.322. The zero-order valence-electron chi connectivity index (χ0n) is 16.0. The Morgan fingerprint density at radius 2 is 1.76 bits per heavy atom. The highest BCUT2D eigenvalue weighted by Crippen LogP contribution is 2.23. The van der Waals surface area contributed by atoms with Crippen LogP contribution in [0.3, 0.4) is 0 Å². The summed E-state index contributed by atoms with van der Waals surface area (Å²) in [6.45, 7) is 2.19. The van der Waals surface area contributed by atoms with Crippen LogP contribution in [0.1, 0.15) is 11.1 Å². The van der Waals surface area contributed by atoms with Gasteiger partial charge in [-0.1, -0.05) is 30.3 Å². The number of nitrogens with zero attached hydrogens (tertiary/aromatic N) is 5. The van der Waals surface area contributed by atoms with E-state index in [1.807, 2.05) is 55.5 Å². The van der Waals surface area contributed by atoms with Gasteiger partial charge >= 0.3 is 5.69 Å². The van der Waals surface area contributed by atoms with Crippen molar-refractivity contribution in [2.45, 2.75) is 13.5 Å². The molecule has 8 nitrogen and oxygen atoms in total. The first kappa shape index (κ1) is 18.4. The van der Waals surface area contributed by atoms with Crippen LogP contribution < -0.4 is 15.2 Å². The molecule has 4 rings (SSSR count). The molecule has 0 fully saturated rings. The Hall–Kier alpha value is -3.94. The highest BCUT2D eigenvalue weighted by molar-refractivity contribution is 5.44. The van der Waals surface area contributed by atoms with Gasteiger partial charge < -0.3 is 9.47 Å². The Bertz CT molecular complexity index is 1170. The summed E-state index contributed by atoms with van der Waals surface area (Å²) >= 11 is 0. The summed E-state index contributed by atoms with van der Waals surface area (Å²) in [5.41, 5.74) is 2.12. The average molecular weight is 389 g/mol. The molecule has 146 valence electrons. The quantitative estimate of drug-likeness (QED) is 0.504. The number of pyridine rings is 1. The number of para-hydroxylation sites is 1. The van der Waals surface area contributed by atoms with E-state index in [-0.39, 0.29) is 12.3 Å². The van der Waals surface area contributed by atoms with E-state index in [4.69, 9.17) is 9.47 Å². The van der Waals surface area contributed by atoms with Crippen LogP contribution in [0.25, 0.3) is 5.69 Å². The van der Waals surface area contributed by atoms with Crippen molar-refractivity contribution in [1.29, 1.82) is 0 Å². The topological polar surface area (TPSA) is 84.1 Å². The summed E-state index contributed by atoms with van der Waals surface area (Å²) in [5, 5.41) is 7.70. The predicted octanol–water partition coefficient (Wildman–Crippen LogP) is 3.04. The number of aryl methyl sites for hydroxylation is 2. The van der Waals surface area contributed by atoms with E-state index in [1.165, 1.54) is 9.36 Å². The molecule has 0 N–H and O–H groups in total. The molecule has 0 unspecified atom stereocenters. The van der Waals surface area contributed by atoms with Crippen molar-refractivity contribution in [1.82, 2.24) is 24.8 Å². The molecule has 0 amide bonds. The molecular formula is C21H19N5O3. The lowest BCUT2D eigenvalue weighted by molar-refractivity contribution is 0.291. The van der Waals surface area contributed by atoms with E-state index in [0.717, 1.165) is 16.9 Å². The van der Waals surface area contributed by atoms with Crippen molar-refractivity contribution in [2.24, 2.45) is 7.05 Å². The van der Waals surface area contributed by atoms with Crippen molar-refractivity contribution >= 4 is 0 Å². The van der Waals surface area contributed by atoms with E-state index >= 15 is 0 Å². The Morgan fingerprint density at radius 1 is 0.931 bits per heavy atom. The normalized spacial score (nSPS) is 10.7. The minimum absolute atomic E-state index is 0.233. The maximum absolute atomic E-state index is 12.2. The largest absolute Gasteiger partial charge is 0.473 e. The van der Waals surface area contributed by atoms with Gasteiger partial charge in [-0.25, -0.2) is 9.78 Å². The maximum Gasteiger partial charge on any atom is 0.368 e. The summed E-state index contributed by atoms with van der Waals surface area (Å²) in [7, 11) is 1.56. The number of tetrazole rings is 1. The lowest BCUT2D eigenvalue weighted by atomic mass is 10.1. The summed E-state index contributed by atoms with van der Waals surface area (Å²) in [5.74, 6) is 1.80. The van der Waals surface area contributed by atoms with Gasteiger partial charge in [0.15, 0.2) is 0 Å². The molecule has 2 heterocycles. The smallest absolute Gasteiger partial charge is 0.368 e. The van der Waals surface area contributed by atoms with Crippen LogP contribution in [-0.2, 0) is 13.7 Å². The Kier molecular flexibility index (Phi) is 5.07. The van der Waals surface area contributed by atoms with Crippen molar-refractivity contribution in [3.8, 4) is 23.1 Å². The van der Waals surface area contributed by atoms with Crippen LogP contribution in [0.5, 0.6) is 17.4 Å². The predicted molar refractivity (Wildman–Crippen MR) is 106 cm³/mol. The third-order valence-corrected chi connectivity index (χ3v) is 4.39. The number of hydrogen-bond acceptors (Lipinski definition) is 6. The average Bonchev–Trinajstić information content (AvgIpc) is 3.07. The number of ether oxygens (including phenoxy) is 2. The van der Waals surface area contributed by atoms with Gasteiger partial charge in [-0.05, 0) is 47.2 Å². The van der Waals surface area contributed by atoms with Crippen molar-refractivity contribution in [2.75, 3.05) is 0 Å². The van der Waals surface area contributed by atoms with E-state index in [1.54, 1.807) is 25.4 Å². The highest BCUT2D eigenvalue weighted by Gasteiger charge is 2.13. The summed E-state index contributed by atoms with van der Waals surface area (Å²) in [4.78, 5) is 16.5. The zero-order valence-corrected chi connectivity index (χ0v) is 16.0. The fraction of sp³-hybridized carbons (Fsp3) is 0.143. The number of rotatable bonds is 6. The summed E-state index contributed by atoms with van der Waals surface area (Å²) < 4.78 is 14.0. The first-order chi connectivity index (χ1) is 14.1. The van der Waals surface area contributed by atoms with E-state index < -0.39 is 0 Å². The molecule has 0 aliphatic rings. The van der Waals surface area contributed by atoms with Crippen molar-refractivity contribution in [3.05, 3.63) is 88.5 Å². The molecular weight excluding hydrogens is 370 g/mol. The fourth-order valence-electron chi connectivity index (χ4n) is 2.82. The van der Waals surface area contributed by atoms with E-state index in [0.29, 0.717) is 17.3 Å². The molecule has 2 aromatic carbocycles. The molecule has 4 aromatic rings. The van der Waals surface area contributed by atoms with Crippen LogP contribution in [0.2, 0.25) is 0 Å². The van der Waals surface area contributed by atoms with Crippen LogP contribution in [0, 0.1) is 6.92 Å². The first-order valence-electron chi connectivity index (χ1n) is 9.01. The molecule has 0 saturated heterocycles. The second kappa shape index (κ2) is 7.97. The monoisotopic (exact) mass is 389 g/mol. The van der Waals surface area contributed by atoms with E-state index in [2.05, 4.69) is 15.4 Å². The minimum Gasteiger partial charge on any atom is -0.473 e. The van der Waals surface area contributed by atoms with Gasteiger partial charge in [0.05, 0.1) is 11.9 Å². The number of benzene rings is 2. The van der Waals surface area contributed by atoms with Gasteiger partial charge in [-0.3, -0.25) is 0 Å². The SMILES string of the molecule is Cc1cccc(-n2nnn(C)c2=O)c1COc1ccc(Oc2ccccc2)cn1. The summed E-state index contributed by atoms with van der Waals surface area (Å²) in [6, 6.07) is 18.6. The molecule has 0 spiro atoms. The molecule has 0 atom stereocenters. The lowest BCUT2D eigenvalue weighted by Crippen LogP contribution is -2.23. The Balaban J connectivity index is 1.51. The molecule has 0 saturated carbocycles. The van der Waals surface area contributed by atoms with Gasteiger partial charge in [0.1, 0.15) is 18.1 Å². The molecule has 29 heavy (non-hydrogen) atoms. The van der Waals surface area contributed by atoms with Crippen LogP contribution >= 0.6 is 0 Å². The maximum atomic E-state index is 12.2. The molecule has 0 aliphatic heterocycles. The summed E-state index contributed by atoms with van der Waals surface area (Å²) in [6.07, 6.45) is 1.61. The Morgan fingerprint density at radius 3 is 2.45 bits per heavy atom. The number of aromatic nitrogens is 5. The Labute approximate surface area is 166 Å². The van der Waals surface area contributed by atoms with Gasteiger partial charge in [-0.2, -0.15) is 9.36 Å². The third kappa shape index (κ3) is 4.01. The van der Waals surface area contributed by atoms with Gasteiger partial charge in [0, 0.05) is 18.7 Å². The highest BCUT2D eigenvalue weighted by atomic mass is 16.5. The van der Waals surface area contributed by atoms with E-state index in [9.17, 15) is 4.79 Å². The second-order valence-corrected chi connectivity index (χ2v) is 6.41. The fourth-order valence-corrected chi connectivity index (χ4v) is 2.82. The number of hydrogen-bond donors (Lipinski definition) is 0. The third-order valence-electron chi connectivity index (χ3n) is 4.39. The van der Waals surface area contributed by atoms with Crippen molar-refractivity contribution < 1.29 is 9.47 Å². The molecule has 0 aliphatic carbocycles. The molecule has 0 radical (unpaired) electrons. The van der Waals surface area contributed by atoms with Crippen LogP contribution in [-0.4, -0.2) is 24.8 Å². The first-order valence-corrected chi connectivity index (χ1v) is 9.01. The van der Waals surface area contributed by atoms with Crippen LogP contribution in [0.15, 0.2) is 71.7 Å².